The molecule has 30 heavy (non-hydrogen) atoms. The van der Waals surface area contributed by atoms with E-state index in [1.165, 1.54) is 0 Å². The Bertz CT molecular complexity index is 687. The van der Waals surface area contributed by atoms with Crippen LogP contribution >= 0.6 is 0 Å². The lowest BCUT2D eigenvalue weighted by atomic mass is 9.89. The quantitative estimate of drug-likeness (QED) is 0.646. The summed E-state index contributed by atoms with van der Waals surface area (Å²) in [5.41, 5.74) is -0.115. The van der Waals surface area contributed by atoms with Gasteiger partial charge in [0.25, 0.3) is 0 Å². The van der Waals surface area contributed by atoms with E-state index in [0.29, 0.717) is 13.1 Å². The van der Waals surface area contributed by atoms with E-state index in [1.54, 1.807) is 4.90 Å². The fraction of sp³-hybridized carbons (Fsp3) is 0.905. The monoisotopic (exact) mass is 422 g/mol. The van der Waals surface area contributed by atoms with Gasteiger partial charge in [0.1, 0.15) is 24.4 Å². The number of ether oxygens (including phenoxy) is 3. The molecule has 0 saturated carbocycles. The molecule has 0 aromatic carbocycles. The number of fused-ring (bicyclic) bond motifs is 1. The summed E-state index contributed by atoms with van der Waals surface area (Å²) in [5, 5.41) is 23.2. The zero-order chi connectivity index (χ0) is 21.5. The predicted molar refractivity (Wildman–Crippen MR) is 107 cm³/mol. The summed E-state index contributed by atoms with van der Waals surface area (Å²) >= 11 is 0. The first-order valence-corrected chi connectivity index (χ1v) is 11.1. The van der Waals surface area contributed by atoms with Gasteiger partial charge in [-0.25, -0.2) is 0 Å². The molecule has 0 radical (unpaired) electrons. The highest BCUT2D eigenvalue weighted by Crippen LogP contribution is 2.37. The number of likely N-dealkylation sites (tertiary alicyclic amines) is 2. The summed E-state index contributed by atoms with van der Waals surface area (Å²) in [6, 6.07) is 1.95. The average molecular weight is 423 g/mol. The Hall–Kier alpha value is -1.28. The summed E-state index contributed by atoms with van der Waals surface area (Å²) in [4.78, 5) is 16.5. The van der Waals surface area contributed by atoms with Gasteiger partial charge in [0, 0.05) is 18.6 Å². The van der Waals surface area contributed by atoms with E-state index in [4.69, 9.17) is 14.2 Å². The Kier molecular flexibility index (Phi) is 6.10. The van der Waals surface area contributed by atoms with E-state index in [-0.39, 0.29) is 30.1 Å². The van der Waals surface area contributed by atoms with Crippen molar-refractivity contribution >= 4 is 5.91 Å². The number of aliphatic hydroxyl groups is 1. The molecule has 4 saturated heterocycles. The molecule has 0 aliphatic carbocycles. The first-order chi connectivity index (χ1) is 14.2. The highest BCUT2D eigenvalue weighted by molar-refractivity contribution is 5.79. The first-order valence-electron chi connectivity index (χ1n) is 11.1. The van der Waals surface area contributed by atoms with Crippen LogP contribution < -0.4 is 5.32 Å². The normalized spacial score (nSPS) is 37.8. The number of aliphatic hydroxyl groups excluding tert-OH is 1. The molecular formula is C21H34N4O5. The van der Waals surface area contributed by atoms with Gasteiger partial charge in [-0.05, 0) is 59.5 Å². The molecule has 0 unspecified atom stereocenters. The van der Waals surface area contributed by atoms with Crippen LogP contribution in [0.1, 0.15) is 46.5 Å². The van der Waals surface area contributed by atoms with Gasteiger partial charge in [-0.15, -0.1) is 0 Å². The maximum atomic E-state index is 12.5. The van der Waals surface area contributed by atoms with E-state index in [2.05, 4.69) is 23.2 Å². The second-order valence-electron chi connectivity index (χ2n) is 9.72. The Morgan fingerprint density at radius 2 is 1.97 bits per heavy atom. The summed E-state index contributed by atoms with van der Waals surface area (Å²) in [7, 11) is 0. The average Bonchev–Trinajstić information content (AvgIpc) is 3.37. The number of nitrogens with zero attached hydrogens (tertiary/aromatic N) is 3. The third-order valence-corrected chi connectivity index (χ3v) is 6.90. The molecule has 4 aliphatic rings. The van der Waals surface area contributed by atoms with Crippen LogP contribution in [0.5, 0.6) is 0 Å². The number of hydrogen-bond acceptors (Lipinski definition) is 8. The van der Waals surface area contributed by atoms with Gasteiger partial charge in [-0.2, -0.15) is 5.26 Å². The molecule has 0 aromatic heterocycles. The minimum Gasteiger partial charge on any atom is -0.387 e. The van der Waals surface area contributed by atoms with Crippen molar-refractivity contribution in [3.63, 3.8) is 0 Å². The highest BCUT2D eigenvalue weighted by atomic mass is 16.8. The van der Waals surface area contributed by atoms with Crippen molar-refractivity contribution in [1.29, 1.82) is 5.26 Å². The first kappa shape index (κ1) is 21.9. The Labute approximate surface area is 178 Å². The van der Waals surface area contributed by atoms with Crippen molar-refractivity contribution in [2.45, 2.75) is 88.4 Å². The number of carbonyl (C=O) groups excluding carboxylic acids is 1. The van der Waals surface area contributed by atoms with E-state index < -0.39 is 24.3 Å². The van der Waals surface area contributed by atoms with Gasteiger partial charge in [0.2, 0.25) is 5.91 Å². The van der Waals surface area contributed by atoms with Crippen LogP contribution in [0, 0.1) is 11.3 Å². The molecular weight excluding hydrogens is 388 g/mol. The third-order valence-electron chi connectivity index (χ3n) is 6.90. The molecule has 9 heteroatoms. The molecule has 4 rings (SSSR count). The molecule has 9 nitrogen and oxygen atoms in total. The lowest BCUT2D eigenvalue weighted by Gasteiger charge is -2.41. The van der Waals surface area contributed by atoms with E-state index in [0.717, 1.165) is 38.8 Å². The van der Waals surface area contributed by atoms with E-state index >= 15 is 0 Å². The van der Waals surface area contributed by atoms with Crippen molar-refractivity contribution in [1.82, 2.24) is 15.1 Å². The smallest absolute Gasteiger partial charge is 0.237 e. The highest BCUT2D eigenvalue weighted by Gasteiger charge is 2.54. The number of nitriles is 1. The zero-order valence-electron chi connectivity index (χ0n) is 18.2. The Morgan fingerprint density at radius 1 is 1.23 bits per heavy atom. The lowest BCUT2D eigenvalue weighted by Crippen LogP contribution is -2.55. The molecule has 0 spiro atoms. The van der Waals surface area contributed by atoms with Gasteiger partial charge in [0.15, 0.2) is 12.1 Å². The molecule has 168 valence electrons. The lowest BCUT2D eigenvalue weighted by molar-refractivity contribution is -0.216. The second kappa shape index (κ2) is 8.34. The molecule has 0 bridgehead atoms. The number of hydrogen-bond donors (Lipinski definition) is 2. The number of piperidine rings is 1. The number of amides is 1. The van der Waals surface area contributed by atoms with Crippen LogP contribution in [0.4, 0.5) is 0 Å². The minimum atomic E-state index is -0.723. The largest absolute Gasteiger partial charge is 0.387 e. The Morgan fingerprint density at radius 3 is 2.63 bits per heavy atom. The maximum Gasteiger partial charge on any atom is 0.237 e. The van der Waals surface area contributed by atoms with E-state index in [9.17, 15) is 15.2 Å². The zero-order valence-corrected chi connectivity index (χ0v) is 18.2. The second-order valence-corrected chi connectivity index (χ2v) is 9.72. The number of rotatable bonds is 5. The van der Waals surface area contributed by atoms with Crippen molar-refractivity contribution in [3.05, 3.63) is 0 Å². The summed E-state index contributed by atoms with van der Waals surface area (Å²) < 4.78 is 17.4. The van der Waals surface area contributed by atoms with Crippen LogP contribution in [-0.4, -0.2) is 95.5 Å². The van der Waals surface area contributed by atoms with Crippen molar-refractivity contribution in [2.24, 2.45) is 0 Å². The van der Waals surface area contributed by atoms with Crippen LogP contribution in [0.15, 0.2) is 0 Å². The number of nitrogens with one attached hydrogen (secondary N) is 1. The summed E-state index contributed by atoms with van der Waals surface area (Å²) in [5.74, 6) is -0.709. The third kappa shape index (κ3) is 4.49. The SMILES string of the molecule is CC1(NCC(=O)N2CCC[C@H]2C#N)CCN(C[C@H]2O[C@@H]3OC(C)(C)O[C@@H]3[C@@H]2O)CC1. The van der Waals surface area contributed by atoms with Crippen LogP contribution in [0.3, 0.4) is 0 Å². The molecule has 1 amide bonds. The van der Waals surface area contributed by atoms with Crippen LogP contribution in [-0.2, 0) is 19.0 Å². The standard InChI is InChI=1S/C21H34N4O5/c1-20(2)29-18-17(27)15(28-19(18)30-20)13-24-9-6-21(3,7-10-24)23-12-16(26)25-8-4-5-14(25)11-22/h14-15,17-19,23,27H,4-10,12-13H2,1-3H3/t14-,15+,17+,18+,19+/m0/s1. The molecule has 4 aliphatic heterocycles. The molecule has 5 atom stereocenters. The van der Waals surface area contributed by atoms with E-state index in [1.807, 2.05) is 13.8 Å². The maximum absolute atomic E-state index is 12.5. The summed E-state index contributed by atoms with van der Waals surface area (Å²) in [6.07, 6.45) is 1.51. The van der Waals surface area contributed by atoms with Gasteiger partial charge >= 0.3 is 0 Å². The molecule has 0 aromatic rings. The predicted octanol–water partition coefficient (Wildman–Crippen LogP) is 0.182. The minimum absolute atomic E-state index is 0.0136. The fourth-order valence-corrected chi connectivity index (χ4v) is 4.96. The van der Waals surface area contributed by atoms with Crippen molar-refractivity contribution in [3.8, 4) is 6.07 Å². The van der Waals surface area contributed by atoms with Gasteiger partial charge < -0.3 is 34.4 Å². The van der Waals surface area contributed by atoms with Crippen LogP contribution in [0.2, 0.25) is 0 Å². The summed E-state index contributed by atoms with van der Waals surface area (Å²) in [6.45, 7) is 9.10. The fourth-order valence-electron chi connectivity index (χ4n) is 4.96. The van der Waals surface area contributed by atoms with Gasteiger partial charge in [-0.1, -0.05) is 0 Å². The van der Waals surface area contributed by atoms with Crippen molar-refractivity contribution < 1.29 is 24.1 Å². The molecule has 2 N–H and O–H groups in total. The van der Waals surface area contributed by atoms with Crippen molar-refractivity contribution in [2.75, 3.05) is 32.7 Å². The number of carbonyl (C=O) groups is 1. The van der Waals surface area contributed by atoms with Gasteiger partial charge in [0.05, 0.1) is 12.6 Å². The topological polar surface area (TPSA) is 107 Å². The molecule has 4 heterocycles. The molecule has 4 fully saturated rings. The van der Waals surface area contributed by atoms with Gasteiger partial charge in [-0.3, -0.25) is 4.79 Å². The van der Waals surface area contributed by atoms with Crippen LogP contribution in [0.25, 0.3) is 0 Å². The Balaban J connectivity index is 1.21.